The normalized spacial score (nSPS) is 10.8. The van der Waals surface area contributed by atoms with Crippen LogP contribution in [0.4, 0.5) is 0 Å². The van der Waals surface area contributed by atoms with Crippen LogP contribution in [0, 0.1) is 6.92 Å². The van der Waals surface area contributed by atoms with Gasteiger partial charge in [-0.25, -0.2) is 0 Å². The smallest absolute Gasteiger partial charge is 0.251 e. The summed E-state index contributed by atoms with van der Waals surface area (Å²) < 4.78 is 7.23. The van der Waals surface area contributed by atoms with Gasteiger partial charge in [-0.15, -0.1) is 0 Å². The van der Waals surface area contributed by atoms with E-state index in [0.29, 0.717) is 6.54 Å². The number of pyridine rings is 1. The molecule has 0 amide bonds. The van der Waals surface area contributed by atoms with Crippen molar-refractivity contribution in [2.45, 2.75) is 13.5 Å². The molecule has 0 saturated carbocycles. The van der Waals surface area contributed by atoms with E-state index in [1.807, 2.05) is 55.5 Å². The molecule has 1 aromatic heterocycles. The molecule has 0 saturated heterocycles. The van der Waals surface area contributed by atoms with Crippen molar-refractivity contribution in [3.05, 3.63) is 76.1 Å². The lowest BCUT2D eigenvalue weighted by Crippen LogP contribution is -2.21. The topological polar surface area (TPSA) is 31.2 Å². The fourth-order valence-electron chi connectivity index (χ4n) is 2.66. The van der Waals surface area contributed by atoms with Gasteiger partial charge in [0.1, 0.15) is 5.75 Å². The molecule has 0 radical (unpaired) electrons. The molecule has 3 aromatic rings. The summed E-state index contributed by atoms with van der Waals surface area (Å²) in [6.07, 6.45) is 0. The maximum absolute atomic E-state index is 12.4. The molecule has 3 nitrogen and oxygen atoms in total. The summed E-state index contributed by atoms with van der Waals surface area (Å²) in [6.45, 7) is 2.49. The number of hydrogen-bond donors (Lipinski definition) is 0. The van der Waals surface area contributed by atoms with Crippen molar-refractivity contribution >= 4 is 10.9 Å². The molecule has 0 fully saturated rings. The molecule has 0 aliphatic heterocycles. The number of fused-ring (bicyclic) bond motifs is 1. The second-order valence-corrected chi connectivity index (χ2v) is 5.09. The van der Waals surface area contributed by atoms with Crippen LogP contribution in [0.15, 0.2) is 59.4 Å². The molecule has 0 bridgehead atoms. The predicted molar refractivity (Wildman–Crippen MR) is 85.0 cm³/mol. The fourth-order valence-corrected chi connectivity index (χ4v) is 2.66. The Morgan fingerprint density at radius 1 is 1.05 bits per heavy atom. The van der Waals surface area contributed by atoms with E-state index in [0.717, 1.165) is 27.8 Å². The highest BCUT2D eigenvalue weighted by Crippen LogP contribution is 2.26. The van der Waals surface area contributed by atoms with Crippen molar-refractivity contribution in [3.8, 4) is 5.75 Å². The zero-order valence-electron chi connectivity index (χ0n) is 12.2. The van der Waals surface area contributed by atoms with Crippen molar-refractivity contribution in [3.63, 3.8) is 0 Å². The Morgan fingerprint density at radius 3 is 2.52 bits per heavy atom. The van der Waals surface area contributed by atoms with Crippen LogP contribution in [0.2, 0.25) is 0 Å². The molecule has 106 valence electrons. The number of ether oxygens (including phenoxy) is 1. The minimum absolute atomic E-state index is 0.00615. The van der Waals surface area contributed by atoms with Crippen molar-refractivity contribution in [1.82, 2.24) is 4.57 Å². The average molecular weight is 279 g/mol. The lowest BCUT2D eigenvalue weighted by Gasteiger charge is -2.15. The van der Waals surface area contributed by atoms with Gasteiger partial charge >= 0.3 is 0 Å². The van der Waals surface area contributed by atoms with Crippen molar-refractivity contribution in [2.75, 3.05) is 7.11 Å². The zero-order chi connectivity index (χ0) is 14.8. The van der Waals surface area contributed by atoms with E-state index >= 15 is 0 Å². The third-order valence-electron chi connectivity index (χ3n) is 3.70. The molecular formula is C18H17NO2. The third-order valence-corrected chi connectivity index (χ3v) is 3.70. The monoisotopic (exact) mass is 279 g/mol. The summed E-state index contributed by atoms with van der Waals surface area (Å²) in [7, 11) is 1.63. The molecule has 1 heterocycles. The van der Waals surface area contributed by atoms with Crippen LogP contribution in [0.5, 0.6) is 5.75 Å². The molecule has 21 heavy (non-hydrogen) atoms. The van der Waals surface area contributed by atoms with Crippen LogP contribution in [0.25, 0.3) is 10.9 Å². The SMILES string of the molecule is COc1cccc2c(C)cc(=O)n(Cc3ccccc3)c12. The number of hydrogen-bond acceptors (Lipinski definition) is 2. The maximum atomic E-state index is 12.4. The van der Waals surface area contributed by atoms with Crippen LogP contribution >= 0.6 is 0 Å². The molecule has 0 unspecified atom stereocenters. The standard InChI is InChI=1S/C18H17NO2/c1-13-11-17(20)19(12-14-7-4-3-5-8-14)18-15(13)9-6-10-16(18)21-2/h3-11H,12H2,1-2H3. The first-order chi connectivity index (χ1) is 10.2. The molecule has 0 spiro atoms. The number of rotatable bonds is 3. The van der Waals surface area contributed by atoms with Gasteiger partial charge in [0.25, 0.3) is 5.56 Å². The number of aromatic nitrogens is 1. The molecule has 0 N–H and O–H groups in total. The van der Waals surface area contributed by atoms with Crippen LogP contribution in [-0.2, 0) is 6.54 Å². The lowest BCUT2D eigenvalue weighted by atomic mass is 10.1. The largest absolute Gasteiger partial charge is 0.495 e. The highest BCUT2D eigenvalue weighted by Gasteiger charge is 2.11. The summed E-state index contributed by atoms with van der Waals surface area (Å²) in [6, 6.07) is 17.5. The number of benzene rings is 2. The molecule has 3 heteroatoms. The molecule has 3 rings (SSSR count). The van der Waals surface area contributed by atoms with E-state index in [2.05, 4.69) is 0 Å². The minimum atomic E-state index is -0.00615. The number of nitrogens with zero attached hydrogens (tertiary/aromatic N) is 1. The minimum Gasteiger partial charge on any atom is -0.495 e. The van der Waals surface area contributed by atoms with Crippen molar-refractivity contribution in [2.24, 2.45) is 0 Å². The van der Waals surface area contributed by atoms with Gasteiger partial charge in [0, 0.05) is 11.5 Å². The van der Waals surface area contributed by atoms with E-state index in [9.17, 15) is 4.79 Å². The van der Waals surface area contributed by atoms with Gasteiger partial charge in [-0.3, -0.25) is 4.79 Å². The highest BCUT2D eigenvalue weighted by atomic mass is 16.5. The van der Waals surface area contributed by atoms with Crippen LogP contribution < -0.4 is 10.3 Å². The summed E-state index contributed by atoms with van der Waals surface area (Å²) >= 11 is 0. The molecular weight excluding hydrogens is 262 g/mol. The third kappa shape index (κ3) is 2.42. The van der Waals surface area contributed by atoms with Crippen molar-refractivity contribution < 1.29 is 4.74 Å². The van der Waals surface area contributed by atoms with E-state index < -0.39 is 0 Å². The van der Waals surface area contributed by atoms with E-state index in [1.54, 1.807) is 17.7 Å². The second kappa shape index (κ2) is 5.44. The van der Waals surface area contributed by atoms with E-state index in [1.165, 1.54) is 0 Å². The Morgan fingerprint density at radius 2 is 1.81 bits per heavy atom. The highest BCUT2D eigenvalue weighted by molar-refractivity contribution is 5.87. The molecule has 0 aliphatic carbocycles. The van der Waals surface area contributed by atoms with Gasteiger partial charge in [-0.05, 0) is 24.1 Å². The Labute approximate surface area is 123 Å². The zero-order valence-corrected chi connectivity index (χ0v) is 12.2. The summed E-state index contributed by atoms with van der Waals surface area (Å²) in [4.78, 5) is 12.4. The first kappa shape index (κ1) is 13.4. The Hall–Kier alpha value is -2.55. The van der Waals surface area contributed by atoms with Gasteiger partial charge in [-0.1, -0.05) is 42.5 Å². The fraction of sp³-hybridized carbons (Fsp3) is 0.167. The van der Waals surface area contributed by atoms with Crippen molar-refractivity contribution in [1.29, 1.82) is 0 Å². The van der Waals surface area contributed by atoms with Gasteiger partial charge < -0.3 is 9.30 Å². The van der Waals surface area contributed by atoms with Crippen LogP contribution in [0.1, 0.15) is 11.1 Å². The van der Waals surface area contributed by atoms with E-state index in [4.69, 9.17) is 4.74 Å². The lowest BCUT2D eigenvalue weighted by molar-refractivity contribution is 0.417. The molecule has 0 atom stereocenters. The Kier molecular flexibility index (Phi) is 3.48. The van der Waals surface area contributed by atoms with Gasteiger partial charge in [0.2, 0.25) is 0 Å². The van der Waals surface area contributed by atoms with Gasteiger partial charge in [-0.2, -0.15) is 0 Å². The number of para-hydroxylation sites is 1. The molecule has 0 aliphatic rings. The van der Waals surface area contributed by atoms with Crippen LogP contribution in [0.3, 0.4) is 0 Å². The van der Waals surface area contributed by atoms with E-state index in [-0.39, 0.29) is 5.56 Å². The quantitative estimate of drug-likeness (QED) is 0.736. The average Bonchev–Trinajstić information content (AvgIpc) is 2.51. The van der Waals surface area contributed by atoms with Gasteiger partial charge in [0.05, 0.1) is 19.2 Å². The van der Waals surface area contributed by atoms with Crippen LogP contribution in [-0.4, -0.2) is 11.7 Å². The first-order valence-electron chi connectivity index (χ1n) is 6.92. The maximum Gasteiger partial charge on any atom is 0.251 e. The summed E-state index contributed by atoms with van der Waals surface area (Å²) in [5.74, 6) is 0.726. The first-order valence-corrected chi connectivity index (χ1v) is 6.92. The summed E-state index contributed by atoms with van der Waals surface area (Å²) in [5, 5.41) is 1.05. The molecule has 2 aromatic carbocycles. The number of aryl methyl sites for hydroxylation is 1. The summed E-state index contributed by atoms with van der Waals surface area (Å²) in [5.41, 5.74) is 2.91. The second-order valence-electron chi connectivity index (χ2n) is 5.09. The van der Waals surface area contributed by atoms with Gasteiger partial charge in [0.15, 0.2) is 0 Å². The Bertz CT molecular complexity index is 835. The Balaban J connectivity index is 2.28. The predicted octanol–water partition coefficient (Wildman–Crippen LogP) is 3.37. The number of methoxy groups -OCH3 is 1.